The topological polar surface area (TPSA) is 237 Å². The van der Waals surface area contributed by atoms with Crippen LogP contribution in [-0.2, 0) is 65.4 Å². The van der Waals surface area contributed by atoms with Crippen molar-refractivity contribution >= 4 is 39.5 Å². The van der Waals surface area contributed by atoms with Gasteiger partial charge in [-0.2, -0.15) is 0 Å². The number of carbonyl (C=O) groups is 4. The van der Waals surface area contributed by atoms with Crippen LogP contribution in [0.5, 0.6) is 0 Å². The first-order valence-corrected chi connectivity index (χ1v) is 40.2. The summed E-state index contributed by atoms with van der Waals surface area (Å²) < 4.78 is 68.3. The summed E-state index contributed by atoms with van der Waals surface area (Å²) in [5.41, 5.74) is 0. The van der Waals surface area contributed by atoms with Crippen LogP contribution < -0.4 is 0 Å². The van der Waals surface area contributed by atoms with Crippen LogP contribution in [-0.4, -0.2) is 96.7 Å². The molecule has 5 unspecified atom stereocenters. The van der Waals surface area contributed by atoms with Crippen molar-refractivity contribution in [2.45, 2.75) is 341 Å². The predicted molar refractivity (Wildman–Crippen MR) is 381 cm³/mol. The van der Waals surface area contributed by atoms with Crippen molar-refractivity contribution in [3.05, 3.63) is 72.9 Å². The molecule has 0 spiro atoms. The number of phosphoric ester groups is 2. The lowest BCUT2D eigenvalue weighted by atomic mass is 10.0. The highest BCUT2D eigenvalue weighted by Crippen LogP contribution is 2.45. The van der Waals surface area contributed by atoms with E-state index in [-0.39, 0.29) is 25.7 Å². The lowest BCUT2D eigenvalue weighted by molar-refractivity contribution is -0.161. The average Bonchev–Trinajstić information content (AvgIpc) is 1.73. The van der Waals surface area contributed by atoms with E-state index < -0.39 is 97.5 Å². The summed E-state index contributed by atoms with van der Waals surface area (Å²) in [5.74, 6) is -2.20. The quantitative estimate of drug-likeness (QED) is 0.0169. The summed E-state index contributed by atoms with van der Waals surface area (Å²) in [6.45, 7) is 4.69. The van der Waals surface area contributed by atoms with E-state index in [1.165, 1.54) is 103 Å². The number of hydrogen-bond acceptors (Lipinski definition) is 15. The number of esters is 4. The van der Waals surface area contributed by atoms with Gasteiger partial charge in [-0.25, -0.2) is 9.13 Å². The van der Waals surface area contributed by atoms with E-state index in [4.69, 9.17) is 37.0 Å². The summed E-state index contributed by atoms with van der Waals surface area (Å²) in [6, 6.07) is 0. The summed E-state index contributed by atoms with van der Waals surface area (Å²) in [7, 11) is -9.93. The van der Waals surface area contributed by atoms with E-state index in [0.717, 1.165) is 141 Å². The number of carbonyl (C=O) groups excluding carboxylic acids is 4. The van der Waals surface area contributed by atoms with Crippen molar-refractivity contribution in [2.75, 3.05) is 39.6 Å². The van der Waals surface area contributed by atoms with Gasteiger partial charge in [-0.15, -0.1) is 0 Å². The van der Waals surface area contributed by atoms with Gasteiger partial charge in [0.25, 0.3) is 0 Å². The van der Waals surface area contributed by atoms with Crippen LogP contribution in [0, 0.1) is 0 Å². The summed E-state index contributed by atoms with van der Waals surface area (Å²) in [5, 5.41) is 10.6. The molecule has 0 saturated carbocycles. The third-order valence-corrected chi connectivity index (χ3v) is 17.6. The van der Waals surface area contributed by atoms with Crippen molar-refractivity contribution < 1.29 is 80.2 Å². The fourth-order valence-electron chi connectivity index (χ4n) is 9.99. The highest BCUT2D eigenvalue weighted by atomic mass is 31.2. The van der Waals surface area contributed by atoms with E-state index in [2.05, 4.69) is 101 Å². The van der Waals surface area contributed by atoms with Gasteiger partial charge in [-0.05, 0) is 89.9 Å². The van der Waals surface area contributed by atoms with Gasteiger partial charge in [0, 0.05) is 25.7 Å². The highest BCUT2D eigenvalue weighted by molar-refractivity contribution is 7.47. The Labute approximate surface area is 571 Å². The van der Waals surface area contributed by atoms with E-state index in [9.17, 15) is 43.2 Å². The number of unbranched alkanes of at least 4 members (excludes halogenated alkanes) is 32. The van der Waals surface area contributed by atoms with E-state index in [1.54, 1.807) is 0 Å². The van der Waals surface area contributed by atoms with E-state index in [0.29, 0.717) is 25.7 Å². The minimum absolute atomic E-state index is 0.0922. The molecule has 0 aromatic heterocycles. The summed E-state index contributed by atoms with van der Waals surface area (Å²) in [6.07, 6.45) is 66.2. The zero-order valence-corrected chi connectivity index (χ0v) is 61.2. The van der Waals surface area contributed by atoms with Gasteiger partial charge in [-0.3, -0.25) is 37.3 Å². The molecule has 5 atom stereocenters. The maximum absolute atomic E-state index is 13.0. The molecule has 0 heterocycles. The molecule has 0 rings (SSSR count). The molecular weight excluding hydrogens is 1230 g/mol. The molecule has 17 nitrogen and oxygen atoms in total. The third-order valence-electron chi connectivity index (χ3n) is 15.7. The molecule has 94 heavy (non-hydrogen) atoms. The molecule has 0 aromatic rings. The van der Waals surface area contributed by atoms with E-state index >= 15 is 0 Å². The van der Waals surface area contributed by atoms with Crippen LogP contribution in [0.25, 0.3) is 0 Å². The first-order valence-electron chi connectivity index (χ1n) is 37.2. The number of allylic oxidation sites excluding steroid dienone is 12. The van der Waals surface area contributed by atoms with Gasteiger partial charge < -0.3 is 33.8 Å². The Bertz CT molecular complexity index is 2070. The minimum atomic E-state index is -4.97. The number of aliphatic hydroxyl groups is 1. The van der Waals surface area contributed by atoms with Gasteiger partial charge in [0.05, 0.1) is 26.4 Å². The largest absolute Gasteiger partial charge is 0.472 e. The molecule has 0 aliphatic heterocycles. The molecule has 3 N–H and O–H groups in total. The molecule has 0 bridgehead atoms. The molecule has 0 amide bonds. The van der Waals surface area contributed by atoms with Crippen molar-refractivity contribution in [1.29, 1.82) is 0 Å². The molecule has 546 valence electrons. The monoisotopic (exact) mass is 1370 g/mol. The standard InChI is InChI=1S/C75H134O17P2/c1-5-9-13-17-21-25-29-31-32-33-34-35-36-38-41-44-48-52-56-60-73(78)86-66-71(92-75(80)62-58-54-50-46-42-37-30-26-22-18-14-10-6-2)68-90-94(83,84)88-64-69(76)63-87-93(81,82)89-67-70(91-74(79)61-57-53-49-45-40-28-24-20-16-12-8-4)65-85-72(77)59-55-51-47-43-39-27-23-19-15-11-7-3/h9,13,19,21,23,25,31-32,34-35,38,41,69-71,76H,5-8,10-12,14-18,20,22,24,26-30,33,36-37,39-40,42-68H2,1-4H3,(H,81,82)(H,83,84)/b13-9-,23-19-,25-21-,32-31-,35-34-,41-38-. The lowest BCUT2D eigenvalue weighted by Gasteiger charge is -2.21. The number of aliphatic hydroxyl groups excluding tert-OH is 1. The predicted octanol–water partition coefficient (Wildman–Crippen LogP) is 20.9. The number of phosphoric acid groups is 2. The maximum atomic E-state index is 13.0. The zero-order valence-electron chi connectivity index (χ0n) is 59.4. The number of rotatable bonds is 70. The number of ether oxygens (including phenoxy) is 4. The van der Waals surface area contributed by atoms with Gasteiger partial charge in [0.2, 0.25) is 0 Å². The minimum Gasteiger partial charge on any atom is -0.462 e. The van der Waals surface area contributed by atoms with Crippen molar-refractivity contribution in [2.24, 2.45) is 0 Å². The van der Waals surface area contributed by atoms with Gasteiger partial charge in [0.15, 0.2) is 12.2 Å². The van der Waals surface area contributed by atoms with Crippen molar-refractivity contribution in [3.63, 3.8) is 0 Å². The van der Waals surface area contributed by atoms with E-state index in [1.807, 2.05) is 0 Å². The zero-order chi connectivity index (χ0) is 69.0. The summed E-state index contributed by atoms with van der Waals surface area (Å²) in [4.78, 5) is 72.6. The Morgan fingerprint density at radius 3 is 0.904 bits per heavy atom. The van der Waals surface area contributed by atoms with Gasteiger partial charge in [0.1, 0.15) is 19.3 Å². The van der Waals surface area contributed by atoms with Crippen LogP contribution in [0.15, 0.2) is 72.9 Å². The average molecular weight is 1370 g/mol. The highest BCUT2D eigenvalue weighted by Gasteiger charge is 2.30. The van der Waals surface area contributed by atoms with Crippen molar-refractivity contribution in [3.8, 4) is 0 Å². The van der Waals surface area contributed by atoms with Crippen LogP contribution in [0.1, 0.15) is 323 Å². The fraction of sp³-hybridized carbons (Fsp3) is 0.787. The van der Waals surface area contributed by atoms with Crippen LogP contribution >= 0.6 is 15.6 Å². The smallest absolute Gasteiger partial charge is 0.462 e. The molecule has 0 aromatic carbocycles. The van der Waals surface area contributed by atoms with Crippen LogP contribution in [0.3, 0.4) is 0 Å². The molecule has 0 radical (unpaired) electrons. The molecule has 19 heteroatoms. The van der Waals surface area contributed by atoms with Gasteiger partial charge in [-0.1, -0.05) is 280 Å². The Morgan fingerprint density at radius 1 is 0.309 bits per heavy atom. The first-order chi connectivity index (χ1) is 45.7. The van der Waals surface area contributed by atoms with Crippen LogP contribution in [0.4, 0.5) is 0 Å². The second kappa shape index (κ2) is 68.0. The summed E-state index contributed by atoms with van der Waals surface area (Å²) >= 11 is 0. The Balaban J connectivity index is 5.31. The second-order valence-electron chi connectivity index (χ2n) is 24.9. The molecule has 0 saturated heterocycles. The SMILES string of the molecule is CC/C=C\C/C=C\C/C=C\C/C=C\C/C=C\CCCCCC(=O)OCC(COP(=O)(O)OCC(O)COP(=O)(O)OCC(COC(=O)CCCCCCC/C=C\CCCC)OC(=O)CCCCCCCCCCCCC)OC(=O)CCCCCCCCCCCCCCC. The Kier molecular flexibility index (Phi) is 65.5. The second-order valence-corrected chi connectivity index (χ2v) is 27.8. The Hall–Kier alpha value is -3.50. The first kappa shape index (κ1) is 90.5. The Morgan fingerprint density at radius 2 is 0.564 bits per heavy atom. The lowest BCUT2D eigenvalue weighted by Crippen LogP contribution is -2.30. The van der Waals surface area contributed by atoms with Crippen LogP contribution in [0.2, 0.25) is 0 Å². The molecule has 0 fully saturated rings. The normalized spacial score (nSPS) is 14.4. The molecule has 0 aliphatic carbocycles. The van der Waals surface area contributed by atoms with Gasteiger partial charge >= 0.3 is 39.5 Å². The maximum Gasteiger partial charge on any atom is 0.472 e. The third kappa shape index (κ3) is 67.1. The molecular formula is C75H134O17P2. The van der Waals surface area contributed by atoms with Crippen molar-refractivity contribution in [1.82, 2.24) is 0 Å². The number of hydrogen-bond donors (Lipinski definition) is 3. The fourth-order valence-corrected chi connectivity index (χ4v) is 11.6. The molecule has 0 aliphatic rings.